The van der Waals surface area contributed by atoms with Crippen molar-refractivity contribution in [2.45, 2.75) is 38.5 Å². The topological polar surface area (TPSA) is 115 Å². The van der Waals surface area contributed by atoms with Gasteiger partial charge in [-0.3, -0.25) is 19.2 Å². The molecule has 8 nitrogen and oxygen atoms in total. The molecule has 4 amide bonds. The second-order valence-corrected chi connectivity index (χ2v) is 4.56. The minimum atomic E-state index is -2.76. The van der Waals surface area contributed by atoms with Crippen LogP contribution in [-0.2, 0) is 19.2 Å². The summed E-state index contributed by atoms with van der Waals surface area (Å²) in [5.41, 5.74) is 0. The third kappa shape index (κ3) is 1.80. The number of allylic oxidation sites excluding steroid dienone is 1. The van der Waals surface area contributed by atoms with Crippen LogP contribution < -0.4 is 0 Å². The average Bonchev–Trinajstić information content (AvgIpc) is 2.91. The first-order valence-electron chi connectivity index (χ1n) is 6.14. The van der Waals surface area contributed by atoms with Crippen molar-refractivity contribution < 1.29 is 29.4 Å². The van der Waals surface area contributed by atoms with E-state index in [0.29, 0.717) is 9.80 Å². The molecular weight excluding hydrogens is 268 g/mol. The van der Waals surface area contributed by atoms with Gasteiger partial charge in [0.1, 0.15) is 0 Å². The van der Waals surface area contributed by atoms with Crippen LogP contribution in [0.4, 0.5) is 0 Å². The van der Waals surface area contributed by atoms with Crippen LogP contribution >= 0.6 is 0 Å². The molecule has 0 bridgehead atoms. The van der Waals surface area contributed by atoms with Gasteiger partial charge >= 0.3 is 0 Å². The molecule has 0 spiro atoms. The molecule has 0 aliphatic carbocycles. The smallest absolute Gasteiger partial charge is 0.297 e. The van der Waals surface area contributed by atoms with Gasteiger partial charge in [-0.15, -0.1) is 0 Å². The van der Waals surface area contributed by atoms with Gasteiger partial charge in [-0.25, -0.2) is 9.80 Å². The van der Waals surface area contributed by atoms with Gasteiger partial charge in [-0.1, -0.05) is 0 Å². The van der Waals surface area contributed by atoms with Crippen LogP contribution in [0.2, 0.25) is 0 Å². The Bertz CT molecular complexity index is 470. The number of hydrogen-bond donors (Lipinski definition) is 2. The molecular formula is C12H14N2O6. The van der Waals surface area contributed by atoms with E-state index in [9.17, 15) is 29.4 Å². The van der Waals surface area contributed by atoms with Gasteiger partial charge in [0, 0.05) is 25.7 Å². The lowest BCUT2D eigenvalue weighted by molar-refractivity contribution is -0.205. The maximum Gasteiger partial charge on any atom is 0.297 e. The summed E-state index contributed by atoms with van der Waals surface area (Å²) in [6.45, 7) is 1.34. The van der Waals surface area contributed by atoms with E-state index in [2.05, 4.69) is 0 Å². The van der Waals surface area contributed by atoms with E-state index in [1.807, 2.05) is 0 Å². The van der Waals surface area contributed by atoms with Crippen molar-refractivity contribution in [2.75, 3.05) is 0 Å². The molecule has 0 unspecified atom stereocenters. The Kier molecular flexibility index (Phi) is 3.34. The van der Waals surface area contributed by atoms with Crippen molar-refractivity contribution in [3.8, 4) is 0 Å². The normalized spacial score (nSPS) is 21.4. The van der Waals surface area contributed by atoms with Gasteiger partial charge < -0.3 is 10.2 Å². The van der Waals surface area contributed by atoms with Crippen molar-refractivity contribution in [3.05, 3.63) is 11.8 Å². The number of imide groups is 2. The Morgan fingerprint density at radius 3 is 1.50 bits per heavy atom. The molecule has 2 rings (SSSR count). The van der Waals surface area contributed by atoms with Crippen LogP contribution in [0, 0.1) is 0 Å². The number of aliphatic hydroxyl groups excluding tert-OH is 1. The van der Waals surface area contributed by atoms with E-state index in [0.717, 1.165) is 6.08 Å². The Labute approximate surface area is 114 Å². The lowest BCUT2D eigenvalue weighted by atomic mass is 10.2. The first-order valence-corrected chi connectivity index (χ1v) is 6.14. The standard InChI is InChI=1S/C12H14N2O6/c1-2-7(15)12(20,13-8(16)3-4-9(13)17)14-10(18)5-6-11(14)19/h2,15,20H,3-6H2,1H3. The predicted molar refractivity (Wildman–Crippen MR) is 63.5 cm³/mol. The number of rotatable bonds is 3. The number of hydrogen-bond acceptors (Lipinski definition) is 6. The molecule has 8 heteroatoms. The number of aliphatic hydroxyl groups is 2. The lowest BCUT2D eigenvalue weighted by Crippen LogP contribution is -2.65. The minimum absolute atomic E-state index is 0.144. The monoisotopic (exact) mass is 282 g/mol. The highest BCUT2D eigenvalue weighted by Gasteiger charge is 2.57. The summed E-state index contributed by atoms with van der Waals surface area (Å²) in [5, 5.41) is 20.5. The van der Waals surface area contributed by atoms with Gasteiger partial charge in [0.25, 0.3) is 5.85 Å². The Balaban J connectivity index is 2.57. The van der Waals surface area contributed by atoms with Gasteiger partial charge in [-0.2, -0.15) is 0 Å². The highest BCUT2D eigenvalue weighted by molar-refractivity contribution is 6.07. The molecule has 0 saturated carbocycles. The summed E-state index contributed by atoms with van der Waals surface area (Å²) in [5.74, 6) is -6.58. The molecule has 2 aliphatic heterocycles. The zero-order valence-electron chi connectivity index (χ0n) is 10.8. The van der Waals surface area contributed by atoms with Gasteiger partial charge in [0.15, 0.2) is 5.76 Å². The average molecular weight is 282 g/mol. The summed E-state index contributed by atoms with van der Waals surface area (Å²) < 4.78 is 0. The quantitative estimate of drug-likeness (QED) is 0.527. The highest BCUT2D eigenvalue weighted by atomic mass is 16.4. The van der Waals surface area contributed by atoms with Crippen molar-refractivity contribution in [1.82, 2.24) is 9.80 Å². The molecule has 2 fully saturated rings. The zero-order chi connectivity index (χ0) is 15.1. The summed E-state index contributed by atoms with van der Waals surface area (Å²) in [7, 11) is 0. The second-order valence-electron chi connectivity index (χ2n) is 4.56. The summed E-state index contributed by atoms with van der Waals surface area (Å²) >= 11 is 0. The molecule has 0 radical (unpaired) electrons. The Morgan fingerprint density at radius 1 is 0.950 bits per heavy atom. The first-order chi connectivity index (χ1) is 9.33. The third-order valence-electron chi connectivity index (χ3n) is 3.34. The number of carbonyl (C=O) groups is 4. The van der Waals surface area contributed by atoms with E-state index in [-0.39, 0.29) is 25.7 Å². The van der Waals surface area contributed by atoms with Gasteiger partial charge in [-0.05, 0) is 13.0 Å². The van der Waals surface area contributed by atoms with E-state index < -0.39 is 35.2 Å². The Morgan fingerprint density at radius 2 is 1.25 bits per heavy atom. The molecule has 20 heavy (non-hydrogen) atoms. The van der Waals surface area contributed by atoms with E-state index in [1.54, 1.807) is 0 Å². The Hall–Kier alpha value is -2.22. The van der Waals surface area contributed by atoms with Crippen molar-refractivity contribution in [1.29, 1.82) is 0 Å². The summed E-state index contributed by atoms with van der Waals surface area (Å²) in [6, 6.07) is 0. The van der Waals surface area contributed by atoms with E-state index in [4.69, 9.17) is 0 Å². The van der Waals surface area contributed by atoms with Crippen LogP contribution in [0.3, 0.4) is 0 Å². The minimum Gasteiger partial charge on any atom is -0.506 e. The molecule has 0 aromatic heterocycles. The fraction of sp³-hybridized carbons (Fsp3) is 0.500. The molecule has 2 saturated heterocycles. The number of nitrogens with zero attached hydrogens (tertiary/aromatic N) is 2. The van der Waals surface area contributed by atoms with Crippen molar-refractivity contribution in [2.24, 2.45) is 0 Å². The molecule has 0 aromatic carbocycles. The third-order valence-corrected chi connectivity index (χ3v) is 3.34. The van der Waals surface area contributed by atoms with Crippen LogP contribution in [0.15, 0.2) is 11.8 Å². The van der Waals surface area contributed by atoms with Gasteiger partial charge in [0.2, 0.25) is 23.6 Å². The molecule has 108 valence electrons. The number of likely N-dealkylation sites (tertiary alicyclic amines) is 2. The van der Waals surface area contributed by atoms with Crippen LogP contribution in [0.25, 0.3) is 0 Å². The molecule has 2 aliphatic rings. The second kappa shape index (κ2) is 4.71. The van der Waals surface area contributed by atoms with Crippen LogP contribution in [-0.4, -0.2) is 49.5 Å². The van der Waals surface area contributed by atoms with Crippen LogP contribution in [0.5, 0.6) is 0 Å². The number of carbonyl (C=O) groups excluding carboxylic acids is 4. The fourth-order valence-corrected chi connectivity index (χ4v) is 2.37. The maximum absolute atomic E-state index is 11.8. The summed E-state index contributed by atoms with van der Waals surface area (Å²) in [6.07, 6.45) is 0.448. The zero-order valence-corrected chi connectivity index (χ0v) is 10.8. The lowest BCUT2D eigenvalue weighted by Gasteiger charge is -2.39. The van der Waals surface area contributed by atoms with Crippen molar-refractivity contribution >= 4 is 23.6 Å². The van der Waals surface area contributed by atoms with E-state index in [1.165, 1.54) is 6.92 Å². The van der Waals surface area contributed by atoms with Crippen LogP contribution in [0.1, 0.15) is 32.6 Å². The first kappa shape index (κ1) is 14.2. The molecule has 2 N–H and O–H groups in total. The number of amides is 4. The molecule has 0 atom stereocenters. The largest absolute Gasteiger partial charge is 0.506 e. The van der Waals surface area contributed by atoms with E-state index >= 15 is 0 Å². The van der Waals surface area contributed by atoms with Gasteiger partial charge in [0.05, 0.1) is 0 Å². The fourth-order valence-electron chi connectivity index (χ4n) is 2.37. The SMILES string of the molecule is CC=C(O)C(O)(N1C(=O)CCC1=O)N1C(=O)CCC1=O. The predicted octanol–water partition coefficient (Wildman–Crippen LogP) is -0.608. The maximum atomic E-state index is 11.8. The summed E-state index contributed by atoms with van der Waals surface area (Å²) in [4.78, 5) is 47.9. The molecule has 0 aromatic rings. The highest BCUT2D eigenvalue weighted by Crippen LogP contribution is 2.34. The molecule has 2 heterocycles. The van der Waals surface area contributed by atoms with Crippen molar-refractivity contribution in [3.63, 3.8) is 0 Å².